The average molecular weight is 425 g/mol. The molecule has 1 aromatic carbocycles. The van der Waals surface area contributed by atoms with Gasteiger partial charge >= 0.3 is 0 Å². The Bertz CT molecular complexity index is 996. The van der Waals surface area contributed by atoms with E-state index in [1.807, 2.05) is 11.0 Å². The van der Waals surface area contributed by atoms with Crippen LogP contribution in [0.5, 0.6) is 5.75 Å². The van der Waals surface area contributed by atoms with E-state index in [4.69, 9.17) is 15.9 Å². The van der Waals surface area contributed by atoms with Crippen LogP contribution in [0.3, 0.4) is 0 Å². The number of nitrogens with two attached hydrogens (primary N) is 1. The fraction of sp³-hybridized carbons (Fsp3) is 0.455. The van der Waals surface area contributed by atoms with Gasteiger partial charge in [-0.05, 0) is 44.9 Å². The summed E-state index contributed by atoms with van der Waals surface area (Å²) in [6.45, 7) is 5.74. The van der Waals surface area contributed by atoms with E-state index in [0.29, 0.717) is 54.7 Å². The number of aliphatic hydroxyl groups excluding tert-OH is 1. The lowest BCUT2D eigenvalue weighted by Gasteiger charge is -2.36. The molecule has 2 fully saturated rings. The summed E-state index contributed by atoms with van der Waals surface area (Å²) in [6, 6.07) is 7.15. The molecule has 1 saturated heterocycles. The minimum atomic E-state index is -0.995. The Morgan fingerprint density at radius 1 is 1.23 bits per heavy atom. The summed E-state index contributed by atoms with van der Waals surface area (Å²) >= 11 is 0. The number of ether oxygens (including phenoxy) is 1. The molecule has 1 saturated carbocycles. The molecule has 1 aliphatic heterocycles. The summed E-state index contributed by atoms with van der Waals surface area (Å²) in [7, 11) is 0. The number of anilines is 2. The van der Waals surface area contributed by atoms with Crippen molar-refractivity contribution in [3.8, 4) is 5.75 Å². The van der Waals surface area contributed by atoms with Crippen molar-refractivity contribution in [2.24, 2.45) is 0 Å². The number of aromatic nitrogens is 2. The number of hydrogen-bond acceptors (Lipinski definition) is 8. The third-order valence-corrected chi connectivity index (χ3v) is 5.79. The van der Waals surface area contributed by atoms with Gasteiger partial charge in [-0.2, -0.15) is 0 Å². The van der Waals surface area contributed by atoms with Gasteiger partial charge in [0.05, 0.1) is 11.4 Å². The first-order valence-corrected chi connectivity index (χ1v) is 10.5. The second-order valence-corrected chi connectivity index (χ2v) is 8.43. The number of nitrogens with zero attached hydrogens (tertiary/aromatic N) is 4. The molecule has 4 rings (SSSR count). The van der Waals surface area contributed by atoms with Crippen LogP contribution in [0.1, 0.15) is 37.9 Å². The number of benzene rings is 1. The molecule has 1 unspecified atom stereocenters. The second-order valence-electron chi connectivity index (χ2n) is 8.43. The molecule has 31 heavy (non-hydrogen) atoms. The number of carbonyl (C=O) groups excluding carboxylic acids is 1. The van der Waals surface area contributed by atoms with Crippen LogP contribution in [-0.4, -0.2) is 69.5 Å². The monoisotopic (exact) mass is 424 g/mol. The number of carbonyl (C=O) groups is 1. The van der Waals surface area contributed by atoms with Gasteiger partial charge in [0, 0.05) is 43.5 Å². The minimum absolute atomic E-state index is 0.116. The highest BCUT2D eigenvalue weighted by Gasteiger charge is 2.40. The van der Waals surface area contributed by atoms with Crippen LogP contribution in [0.2, 0.25) is 0 Å². The van der Waals surface area contributed by atoms with E-state index in [0.717, 1.165) is 12.8 Å². The van der Waals surface area contributed by atoms with Crippen molar-refractivity contribution in [2.45, 2.75) is 38.4 Å². The second kappa shape index (κ2) is 8.14. The van der Waals surface area contributed by atoms with Crippen LogP contribution in [0.15, 0.2) is 30.6 Å². The lowest BCUT2D eigenvalue weighted by atomic mass is 10.0. The molecule has 0 bridgehead atoms. The molecular formula is C22H28N6O3. The maximum absolute atomic E-state index is 12.0. The van der Waals surface area contributed by atoms with Crippen molar-refractivity contribution in [2.75, 3.05) is 36.8 Å². The lowest BCUT2D eigenvalue weighted by molar-refractivity contribution is -0.139. The average Bonchev–Trinajstić information content (AvgIpc) is 3.50. The van der Waals surface area contributed by atoms with Crippen LogP contribution in [-0.2, 0) is 4.79 Å². The fourth-order valence-electron chi connectivity index (χ4n) is 3.59. The molecule has 9 heteroatoms. The minimum Gasteiger partial charge on any atom is -0.488 e. The van der Waals surface area contributed by atoms with E-state index in [-0.39, 0.29) is 17.2 Å². The number of nitrogen functional groups attached to an aromatic ring is 1. The predicted molar refractivity (Wildman–Crippen MR) is 118 cm³/mol. The fourth-order valence-corrected chi connectivity index (χ4v) is 3.59. The van der Waals surface area contributed by atoms with Gasteiger partial charge in [-0.15, -0.1) is 0 Å². The van der Waals surface area contributed by atoms with Crippen LogP contribution in [0.4, 0.5) is 11.5 Å². The molecule has 2 heterocycles. The third-order valence-electron chi connectivity index (χ3n) is 5.79. The maximum Gasteiger partial charge on any atom is 0.251 e. The Hall–Kier alpha value is -3.20. The van der Waals surface area contributed by atoms with Crippen molar-refractivity contribution in [3.63, 3.8) is 0 Å². The van der Waals surface area contributed by atoms with Gasteiger partial charge in [0.1, 0.15) is 29.6 Å². The van der Waals surface area contributed by atoms with Gasteiger partial charge in [-0.25, -0.2) is 9.97 Å². The highest BCUT2D eigenvalue weighted by molar-refractivity contribution is 6.13. The van der Waals surface area contributed by atoms with E-state index in [9.17, 15) is 9.90 Å². The molecule has 9 nitrogen and oxygen atoms in total. The molecule has 2 aliphatic rings. The standard InChI is InChI=1S/C22H28N6O3/c1-14(29)21(30)28-9-7-27(8-10-28)19-12-18(25-13-26-19)20(24)16-11-15(3-4-17(16)23)31-22(2)5-6-22/h3-4,11-14,24,29H,5-10,23H2,1-2H3. The molecule has 0 spiro atoms. The van der Waals surface area contributed by atoms with Gasteiger partial charge in [0.2, 0.25) is 0 Å². The molecule has 2 aromatic rings. The van der Waals surface area contributed by atoms with Crippen LogP contribution >= 0.6 is 0 Å². The van der Waals surface area contributed by atoms with Gasteiger partial charge in [-0.3, -0.25) is 10.2 Å². The summed E-state index contributed by atoms with van der Waals surface area (Å²) in [5, 5.41) is 18.2. The van der Waals surface area contributed by atoms with Crippen molar-refractivity contribution < 1.29 is 14.6 Å². The predicted octanol–water partition coefficient (Wildman–Crippen LogP) is 1.44. The largest absolute Gasteiger partial charge is 0.488 e. The van der Waals surface area contributed by atoms with E-state index in [2.05, 4.69) is 16.9 Å². The molecule has 4 N–H and O–H groups in total. The molecule has 1 aromatic heterocycles. The summed E-state index contributed by atoms with van der Waals surface area (Å²) in [5.41, 5.74) is 7.76. The zero-order valence-electron chi connectivity index (χ0n) is 17.8. The Balaban J connectivity index is 1.49. The van der Waals surface area contributed by atoms with Crippen molar-refractivity contribution in [3.05, 3.63) is 41.9 Å². The van der Waals surface area contributed by atoms with Gasteiger partial charge in [-0.1, -0.05) is 0 Å². The molecule has 1 amide bonds. The zero-order chi connectivity index (χ0) is 22.2. The summed E-state index contributed by atoms with van der Waals surface area (Å²) in [6.07, 6.45) is 2.49. The van der Waals surface area contributed by atoms with Crippen LogP contribution in [0.25, 0.3) is 0 Å². The molecule has 1 aliphatic carbocycles. The smallest absolute Gasteiger partial charge is 0.251 e. The van der Waals surface area contributed by atoms with Gasteiger partial charge < -0.3 is 25.4 Å². The van der Waals surface area contributed by atoms with Crippen molar-refractivity contribution in [1.29, 1.82) is 5.41 Å². The molecular weight excluding hydrogens is 396 g/mol. The first kappa shape index (κ1) is 21.0. The number of aliphatic hydroxyl groups is 1. The Morgan fingerprint density at radius 2 is 1.94 bits per heavy atom. The number of hydrogen-bond donors (Lipinski definition) is 3. The zero-order valence-corrected chi connectivity index (χ0v) is 17.8. The molecule has 164 valence electrons. The first-order chi connectivity index (χ1) is 14.8. The van der Waals surface area contributed by atoms with Gasteiger partial charge in [0.25, 0.3) is 5.91 Å². The van der Waals surface area contributed by atoms with Crippen molar-refractivity contribution in [1.82, 2.24) is 14.9 Å². The number of piperazine rings is 1. The van der Waals surface area contributed by atoms with E-state index in [1.54, 1.807) is 23.1 Å². The molecule has 1 atom stereocenters. The lowest BCUT2D eigenvalue weighted by Crippen LogP contribution is -2.51. The van der Waals surface area contributed by atoms with Crippen LogP contribution in [0, 0.1) is 5.41 Å². The summed E-state index contributed by atoms with van der Waals surface area (Å²) in [5.74, 6) is 1.12. The Morgan fingerprint density at radius 3 is 2.58 bits per heavy atom. The normalized spacial score (nSPS) is 18.4. The summed E-state index contributed by atoms with van der Waals surface area (Å²) in [4.78, 5) is 24.3. The van der Waals surface area contributed by atoms with E-state index in [1.165, 1.54) is 13.3 Å². The van der Waals surface area contributed by atoms with Crippen LogP contribution < -0.4 is 15.4 Å². The number of nitrogens with one attached hydrogen (secondary N) is 1. The van der Waals surface area contributed by atoms with Gasteiger partial charge in [0.15, 0.2) is 0 Å². The number of rotatable bonds is 6. The maximum atomic E-state index is 12.0. The topological polar surface area (TPSA) is 129 Å². The Kier molecular flexibility index (Phi) is 5.53. The summed E-state index contributed by atoms with van der Waals surface area (Å²) < 4.78 is 6.02. The van der Waals surface area contributed by atoms with E-state index >= 15 is 0 Å². The highest BCUT2D eigenvalue weighted by atomic mass is 16.5. The highest BCUT2D eigenvalue weighted by Crippen LogP contribution is 2.40. The Labute approximate surface area is 181 Å². The third kappa shape index (κ3) is 4.61. The molecule has 0 radical (unpaired) electrons. The quantitative estimate of drug-likeness (QED) is 0.473. The SMILES string of the molecule is CC(O)C(=O)N1CCN(c2cc(C(=N)c3cc(OC4(C)CC4)ccc3N)ncn2)CC1. The number of amides is 1. The van der Waals surface area contributed by atoms with Crippen molar-refractivity contribution >= 4 is 23.1 Å². The van der Waals surface area contributed by atoms with E-state index < -0.39 is 6.10 Å². The first-order valence-electron chi connectivity index (χ1n) is 10.5.